The number of rotatable bonds is 4. The fraction of sp³-hybridized carbons (Fsp3) is 0.500. The molecule has 3 heterocycles. The molecule has 2 aliphatic rings. The molecule has 0 spiro atoms. The number of halogens is 1. The van der Waals surface area contributed by atoms with Crippen molar-refractivity contribution in [2.75, 3.05) is 26.4 Å². The summed E-state index contributed by atoms with van der Waals surface area (Å²) in [5.41, 5.74) is 1.09. The SMILES string of the molecule is CCNC(=NCc1cc(Br)c2c(c1)OCO2)N1CCC(C)C(n2ccnc2)C1. The maximum Gasteiger partial charge on any atom is 0.231 e. The summed E-state index contributed by atoms with van der Waals surface area (Å²) in [5, 5.41) is 3.45. The minimum absolute atomic E-state index is 0.269. The summed E-state index contributed by atoms with van der Waals surface area (Å²) in [6.45, 7) is 8.04. The summed E-state index contributed by atoms with van der Waals surface area (Å²) in [6, 6.07) is 4.46. The van der Waals surface area contributed by atoms with Crippen molar-refractivity contribution < 1.29 is 9.47 Å². The van der Waals surface area contributed by atoms with E-state index in [0.717, 1.165) is 53.5 Å². The van der Waals surface area contributed by atoms with Crippen LogP contribution in [0.1, 0.15) is 31.9 Å². The Morgan fingerprint density at radius 2 is 2.29 bits per heavy atom. The molecule has 0 radical (unpaired) electrons. The first-order valence-corrected chi connectivity index (χ1v) is 10.5. The van der Waals surface area contributed by atoms with E-state index < -0.39 is 0 Å². The summed E-state index contributed by atoms with van der Waals surface area (Å²) in [5.74, 6) is 3.11. The zero-order valence-corrected chi connectivity index (χ0v) is 17.9. The van der Waals surface area contributed by atoms with Gasteiger partial charge in [0, 0.05) is 32.0 Å². The van der Waals surface area contributed by atoms with Crippen LogP contribution in [0, 0.1) is 5.92 Å². The number of fused-ring (bicyclic) bond motifs is 1. The van der Waals surface area contributed by atoms with Crippen molar-refractivity contribution in [1.82, 2.24) is 19.8 Å². The molecule has 8 heteroatoms. The number of hydrogen-bond donors (Lipinski definition) is 1. The van der Waals surface area contributed by atoms with Gasteiger partial charge in [0.25, 0.3) is 0 Å². The zero-order valence-electron chi connectivity index (χ0n) is 16.3. The van der Waals surface area contributed by atoms with Crippen LogP contribution < -0.4 is 14.8 Å². The standard InChI is InChI=1S/C20H26BrN5O2/c1-3-23-20(24-10-15-8-16(21)19-18(9-15)27-13-28-19)25-6-4-14(2)17(11-25)26-7-5-22-12-26/h5,7-9,12,14,17H,3-4,6,10-11,13H2,1-2H3,(H,23,24). The highest BCUT2D eigenvalue weighted by Crippen LogP contribution is 2.40. The van der Waals surface area contributed by atoms with Gasteiger partial charge in [-0.3, -0.25) is 0 Å². The van der Waals surface area contributed by atoms with Gasteiger partial charge < -0.3 is 24.3 Å². The number of likely N-dealkylation sites (tertiary alicyclic amines) is 1. The summed E-state index contributed by atoms with van der Waals surface area (Å²) < 4.78 is 14.1. The van der Waals surface area contributed by atoms with E-state index in [0.29, 0.717) is 18.5 Å². The molecular formula is C20H26BrN5O2. The van der Waals surface area contributed by atoms with Crippen molar-refractivity contribution in [3.63, 3.8) is 0 Å². The Labute approximate surface area is 173 Å². The number of imidazole rings is 1. The molecule has 1 saturated heterocycles. The van der Waals surface area contributed by atoms with Crippen LogP contribution in [0.5, 0.6) is 11.5 Å². The lowest BCUT2D eigenvalue weighted by atomic mass is 9.93. The normalized spacial score (nSPS) is 21.8. The molecule has 0 bridgehead atoms. The minimum atomic E-state index is 0.269. The number of ether oxygens (including phenoxy) is 2. The average molecular weight is 448 g/mol. The fourth-order valence-electron chi connectivity index (χ4n) is 3.80. The van der Waals surface area contributed by atoms with Gasteiger partial charge in [-0.25, -0.2) is 9.98 Å². The van der Waals surface area contributed by atoms with E-state index in [-0.39, 0.29) is 6.79 Å². The number of guanidine groups is 1. The van der Waals surface area contributed by atoms with Crippen molar-refractivity contribution in [3.8, 4) is 11.5 Å². The number of hydrogen-bond acceptors (Lipinski definition) is 4. The number of nitrogens with one attached hydrogen (secondary N) is 1. The number of aliphatic imine (C=N–C) groups is 1. The number of aromatic nitrogens is 2. The lowest BCUT2D eigenvalue weighted by Gasteiger charge is -2.39. The van der Waals surface area contributed by atoms with Gasteiger partial charge in [-0.05, 0) is 52.9 Å². The van der Waals surface area contributed by atoms with Gasteiger partial charge in [-0.1, -0.05) is 6.92 Å². The third-order valence-corrected chi connectivity index (χ3v) is 5.95. The van der Waals surface area contributed by atoms with Crippen molar-refractivity contribution in [2.24, 2.45) is 10.9 Å². The molecule has 2 atom stereocenters. The maximum atomic E-state index is 5.52. The van der Waals surface area contributed by atoms with Gasteiger partial charge in [0.1, 0.15) is 0 Å². The topological polar surface area (TPSA) is 63.9 Å². The van der Waals surface area contributed by atoms with E-state index in [4.69, 9.17) is 14.5 Å². The molecule has 2 unspecified atom stereocenters. The van der Waals surface area contributed by atoms with Crippen molar-refractivity contribution >= 4 is 21.9 Å². The summed E-state index contributed by atoms with van der Waals surface area (Å²) >= 11 is 3.56. The Kier molecular flexibility index (Phi) is 5.75. The predicted molar refractivity (Wildman–Crippen MR) is 112 cm³/mol. The number of piperidine rings is 1. The first kappa shape index (κ1) is 19.1. The second-order valence-electron chi connectivity index (χ2n) is 7.27. The van der Waals surface area contributed by atoms with Crippen LogP contribution in [-0.2, 0) is 6.54 Å². The third-order valence-electron chi connectivity index (χ3n) is 5.36. The average Bonchev–Trinajstić information content (AvgIpc) is 3.37. The van der Waals surface area contributed by atoms with E-state index in [1.54, 1.807) is 0 Å². The molecule has 1 aromatic carbocycles. The largest absolute Gasteiger partial charge is 0.454 e. The molecule has 0 aliphatic carbocycles. The Morgan fingerprint density at radius 1 is 1.39 bits per heavy atom. The highest BCUT2D eigenvalue weighted by atomic mass is 79.9. The van der Waals surface area contributed by atoms with Crippen molar-refractivity contribution in [2.45, 2.75) is 32.9 Å². The van der Waals surface area contributed by atoms with E-state index in [9.17, 15) is 0 Å². The van der Waals surface area contributed by atoms with Crippen molar-refractivity contribution in [1.29, 1.82) is 0 Å². The minimum Gasteiger partial charge on any atom is -0.454 e. The van der Waals surface area contributed by atoms with Crippen LogP contribution in [0.3, 0.4) is 0 Å². The van der Waals surface area contributed by atoms with E-state index in [1.165, 1.54) is 0 Å². The molecule has 28 heavy (non-hydrogen) atoms. The zero-order chi connectivity index (χ0) is 19.5. The molecule has 0 saturated carbocycles. The monoisotopic (exact) mass is 447 g/mol. The second-order valence-corrected chi connectivity index (χ2v) is 8.13. The maximum absolute atomic E-state index is 5.52. The number of benzene rings is 1. The molecule has 1 fully saturated rings. The van der Waals surface area contributed by atoms with Gasteiger partial charge in [-0.15, -0.1) is 0 Å². The van der Waals surface area contributed by atoms with Gasteiger partial charge in [-0.2, -0.15) is 0 Å². The highest BCUT2D eigenvalue weighted by molar-refractivity contribution is 9.10. The Balaban J connectivity index is 1.51. The van der Waals surface area contributed by atoms with E-state index in [2.05, 4.69) is 55.7 Å². The molecule has 1 N–H and O–H groups in total. The number of nitrogens with zero attached hydrogens (tertiary/aromatic N) is 4. The van der Waals surface area contributed by atoms with Crippen LogP contribution in [0.25, 0.3) is 0 Å². The fourth-order valence-corrected chi connectivity index (χ4v) is 4.40. The molecular weight excluding hydrogens is 422 g/mol. The summed E-state index contributed by atoms with van der Waals surface area (Å²) in [7, 11) is 0. The van der Waals surface area contributed by atoms with Gasteiger partial charge in [0.05, 0.1) is 23.4 Å². The molecule has 1 aromatic heterocycles. The molecule has 4 rings (SSSR count). The van der Waals surface area contributed by atoms with Gasteiger partial charge in [0.2, 0.25) is 6.79 Å². The van der Waals surface area contributed by atoms with Crippen molar-refractivity contribution in [3.05, 3.63) is 40.9 Å². The van der Waals surface area contributed by atoms with Crippen LogP contribution in [-0.4, -0.2) is 46.8 Å². The summed E-state index contributed by atoms with van der Waals surface area (Å²) in [4.78, 5) is 11.5. The smallest absolute Gasteiger partial charge is 0.231 e. The lowest BCUT2D eigenvalue weighted by molar-refractivity contribution is 0.173. The molecule has 7 nitrogen and oxygen atoms in total. The second kappa shape index (κ2) is 8.43. The van der Waals surface area contributed by atoms with Crippen LogP contribution in [0.4, 0.5) is 0 Å². The first-order valence-electron chi connectivity index (χ1n) is 9.74. The molecule has 150 valence electrons. The highest BCUT2D eigenvalue weighted by Gasteiger charge is 2.29. The van der Waals surface area contributed by atoms with E-state index >= 15 is 0 Å². The quantitative estimate of drug-likeness (QED) is 0.574. The molecule has 0 amide bonds. The molecule has 2 aliphatic heterocycles. The van der Waals surface area contributed by atoms with Crippen LogP contribution in [0.2, 0.25) is 0 Å². The predicted octanol–water partition coefficient (Wildman–Crippen LogP) is 3.42. The third kappa shape index (κ3) is 3.97. The first-order chi connectivity index (χ1) is 13.7. The van der Waals surface area contributed by atoms with Crippen LogP contribution >= 0.6 is 15.9 Å². The van der Waals surface area contributed by atoms with Crippen LogP contribution in [0.15, 0.2) is 40.3 Å². The summed E-state index contributed by atoms with van der Waals surface area (Å²) in [6.07, 6.45) is 6.95. The van der Waals surface area contributed by atoms with Gasteiger partial charge in [0.15, 0.2) is 17.5 Å². The lowest BCUT2D eigenvalue weighted by Crippen LogP contribution is -2.49. The molecule has 2 aromatic rings. The Morgan fingerprint density at radius 3 is 3.07 bits per heavy atom. The Bertz CT molecular complexity index is 839. The van der Waals surface area contributed by atoms with Gasteiger partial charge >= 0.3 is 0 Å². The Hall–Kier alpha value is -2.22. The van der Waals surface area contributed by atoms with E-state index in [1.807, 2.05) is 24.7 Å².